The Morgan fingerprint density at radius 2 is 1.45 bits per heavy atom. The molecule has 0 heterocycles. The maximum atomic E-state index is 7.03. The first-order valence-corrected chi connectivity index (χ1v) is 28.9. The van der Waals surface area contributed by atoms with Crippen LogP contribution >= 0.6 is 0 Å². The van der Waals surface area contributed by atoms with Crippen LogP contribution in [-0.2, 0) is 15.3 Å². The molecule has 4 rings (SSSR count). The molecule has 0 aliphatic heterocycles. The maximum Gasteiger partial charge on any atom is 0.242 e. The van der Waals surface area contributed by atoms with Crippen molar-refractivity contribution in [2.24, 2.45) is 17.3 Å². The van der Waals surface area contributed by atoms with Gasteiger partial charge < -0.3 is 18.3 Å². The zero-order chi connectivity index (χ0) is 28.5. The van der Waals surface area contributed by atoms with E-state index < -0.39 is 33.2 Å². The molecular formula is C30H57NO3Si4. The van der Waals surface area contributed by atoms with E-state index in [-0.39, 0.29) is 17.6 Å². The predicted octanol–water partition coefficient (Wildman–Crippen LogP) is 9.05. The van der Waals surface area contributed by atoms with Gasteiger partial charge in [0.2, 0.25) is 8.32 Å². The van der Waals surface area contributed by atoms with Crippen LogP contribution in [0.25, 0.3) is 0 Å². The van der Waals surface area contributed by atoms with Crippen molar-refractivity contribution >= 4 is 38.9 Å². The van der Waals surface area contributed by atoms with Gasteiger partial charge in [0, 0.05) is 0 Å². The Morgan fingerprint density at radius 3 is 2.00 bits per heavy atom. The van der Waals surface area contributed by atoms with Gasteiger partial charge >= 0.3 is 0 Å². The molecule has 1 N–H and O–H groups in total. The van der Waals surface area contributed by atoms with Crippen LogP contribution in [0.1, 0.15) is 49.7 Å². The molecule has 2 saturated carbocycles. The molecule has 0 spiro atoms. The molecule has 4 nitrogen and oxygen atoms in total. The summed E-state index contributed by atoms with van der Waals surface area (Å²) >= 11 is 0. The number of hydrogen-bond acceptors (Lipinski definition) is 4. The smallest absolute Gasteiger partial charge is 0.242 e. The van der Waals surface area contributed by atoms with Gasteiger partial charge in [0.1, 0.15) is 14.0 Å². The summed E-state index contributed by atoms with van der Waals surface area (Å²) in [7, 11) is -6.62. The highest BCUT2D eigenvalue weighted by atomic mass is 28.4. The van der Waals surface area contributed by atoms with Gasteiger partial charge in [-0.2, -0.15) is 0 Å². The summed E-state index contributed by atoms with van der Waals surface area (Å²) in [6.45, 7) is 30.7. The second-order valence-electron chi connectivity index (χ2n) is 16.8. The molecule has 0 amide bonds. The quantitative estimate of drug-likeness (QED) is 0.306. The van der Waals surface area contributed by atoms with Gasteiger partial charge in [0.15, 0.2) is 16.6 Å². The number of aryl methyl sites for hydroxylation is 1. The van der Waals surface area contributed by atoms with Crippen LogP contribution in [0, 0.1) is 17.3 Å². The number of nitrogens with one attached hydrogen (secondary N) is 1. The van der Waals surface area contributed by atoms with Crippen molar-refractivity contribution in [3.63, 3.8) is 0 Å². The number of fused-ring (bicyclic) bond motifs is 5. The minimum atomic E-state index is -1.71. The number of benzene rings is 1. The van der Waals surface area contributed by atoms with E-state index in [9.17, 15) is 0 Å². The summed E-state index contributed by atoms with van der Waals surface area (Å²) in [5, 5.41) is 0. The zero-order valence-corrected chi connectivity index (χ0v) is 30.8. The largest absolute Gasteiger partial charge is 0.543 e. The molecule has 216 valence electrons. The molecule has 2 fully saturated rings. The highest BCUT2D eigenvalue weighted by Crippen LogP contribution is 2.63. The lowest BCUT2D eigenvalue weighted by atomic mass is 9.55. The predicted molar refractivity (Wildman–Crippen MR) is 174 cm³/mol. The van der Waals surface area contributed by atoms with Crippen LogP contribution in [0.4, 0.5) is 5.69 Å². The van der Waals surface area contributed by atoms with Gasteiger partial charge in [-0.05, 0) is 137 Å². The van der Waals surface area contributed by atoms with Crippen LogP contribution in [-0.4, -0.2) is 45.4 Å². The lowest BCUT2D eigenvalue weighted by Gasteiger charge is -2.51. The summed E-state index contributed by atoms with van der Waals surface area (Å²) in [6, 6.07) is 4.94. The third kappa shape index (κ3) is 6.90. The van der Waals surface area contributed by atoms with Crippen LogP contribution in [0.5, 0.6) is 5.75 Å². The first kappa shape index (κ1) is 30.6. The Labute approximate surface area is 238 Å². The van der Waals surface area contributed by atoms with Gasteiger partial charge in [-0.1, -0.05) is 26.6 Å². The first-order valence-electron chi connectivity index (χ1n) is 15.1. The average Bonchev–Trinajstić information content (AvgIpc) is 2.95. The Kier molecular flexibility index (Phi) is 8.17. The molecule has 38 heavy (non-hydrogen) atoms. The number of rotatable bonds is 8. The van der Waals surface area contributed by atoms with Crippen molar-refractivity contribution in [2.75, 3.05) is 4.98 Å². The van der Waals surface area contributed by atoms with E-state index in [1.54, 1.807) is 5.56 Å². The highest BCUT2D eigenvalue weighted by molar-refractivity contribution is 6.79. The Hall–Kier alpha value is -0.392. The lowest BCUT2D eigenvalue weighted by Crippen LogP contribution is -2.50. The molecule has 0 aromatic heterocycles. The summed E-state index contributed by atoms with van der Waals surface area (Å²) < 4.78 is 20.6. The third-order valence-corrected chi connectivity index (χ3v) is 12.5. The van der Waals surface area contributed by atoms with E-state index in [4.69, 9.17) is 13.3 Å². The van der Waals surface area contributed by atoms with Crippen molar-refractivity contribution < 1.29 is 13.3 Å². The van der Waals surface area contributed by atoms with E-state index in [1.807, 2.05) is 0 Å². The Morgan fingerprint density at radius 1 is 0.816 bits per heavy atom. The molecular weight excluding hydrogens is 535 g/mol. The van der Waals surface area contributed by atoms with Crippen LogP contribution in [0.2, 0.25) is 78.6 Å². The molecule has 0 bridgehead atoms. The van der Waals surface area contributed by atoms with Crippen molar-refractivity contribution in [3.05, 3.63) is 23.3 Å². The van der Waals surface area contributed by atoms with Crippen molar-refractivity contribution in [1.82, 2.24) is 0 Å². The second kappa shape index (κ2) is 10.2. The third-order valence-electron chi connectivity index (χ3n) is 8.65. The molecule has 1 aromatic carbocycles. The molecule has 3 aliphatic rings. The van der Waals surface area contributed by atoms with E-state index in [2.05, 4.69) is 103 Å². The standard InChI is InChI=1S/C30H57NO3Si4/c1-30-17-16-22-23(25(30)20-28(33-37(8,9)10)29(30)34-38(11,12)13)15-14-21-18-27(32-36(5,6)7)26(19-24(21)22)31-35(2,3)4/h18-19,22-23,25,28-29,31H,14-17,20H2,1-13H3/t22-,23+,25-,28+,29-,30-/m0/s1. The molecule has 0 saturated heterocycles. The highest BCUT2D eigenvalue weighted by Gasteiger charge is 2.60. The van der Waals surface area contributed by atoms with Crippen molar-refractivity contribution in [1.29, 1.82) is 0 Å². The van der Waals surface area contributed by atoms with Gasteiger partial charge in [-0.25, -0.2) is 0 Å². The fourth-order valence-electron chi connectivity index (χ4n) is 7.61. The SMILES string of the molecule is C[C@]12CC[C@@H]3c4cc(N[Si](C)(C)C)c(O[Si](C)(C)C)cc4CC[C@H]3[C@@H]1C[C@@H](O[Si](C)(C)C)[C@@H]2O[Si](C)(C)C. The minimum Gasteiger partial charge on any atom is -0.543 e. The number of hydrogen-bond donors (Lipinski definition) is 1. The molecule has 0 radical (unpaired) electrons. The van der Waals surface area contributed by atoms with Gasteiger partial charge in [0.25, 0.3) is 0 Å². The Balaban J connectivity index is 1.70. The fraction of sp³-hybridized carbons (Fsp3) is 0.800. The monoisotopic (exact) mass is 591 g/mol. The van der Waals surface area contributed by atoms with E-state index in [1.165, 1.54) is 36.9 Å². The van der Waals surface area contributed by atoms with Gasteiger partial charge in [-0.3, -0.25) is 0 Å². The van der Waals surface area contributed by atoms with Crippen molar-refractivity contribution in [2.45, 2.75) is 136 Å². The zero-order valence-electron chi connectivity index (χ0n) is 26.8. The average molecular weight is 592 g/mol. The second-order valence-corrected chi connectivity index (χ2v) is 34.9. The van der Waals surface area contributed by atoms with Crippen LogP contribution < -0.4 is 9.41 Å². The van der Waals surface area contributed by atoms with Crippen molar-refractivity contribution in [3.8, 4) is 5.75 Å². The summed E-state index contributed by atoms with van der Waals surface area (Å²) in [5.41, 5.74) is 4.59. The normalized spacial score (nSPS) is 31.9. The summed E-state index contributed by atoms with van der Waals surface area (Å²) in [6.07, 6.45) is 6.61. The van der Waals surface area contributed by atoms with Crippen LogP contribution in [0.3, 0.4) is 0 Å². The molecule has 6 atom stereocenters. The first-order chi connectivity index (χ1) is 17.2. The molecule has 1 aromatic rings. The minimum absolute atomic E-state index is 0.212. The van der Waals surface area contributed by atoms with E-state index in [0.717, 1.165) is 12.2 Å². The van der Waals surface area contributed by atoms with Crippen LogP contribution in [0.15, 0.2) is 12.1 Å². The Bertz CT molecular complexity index is 1020. The summed E-state index contributed by atoms with van der Waals surface area (Å²) in [4.78, 5) is 3.94. The lowest BCUT2D eigenvalue weighted by molar-refractivity contribution is -0.0363. The van der Waals surface area contributed by atoms with E-state index >= 15 is 0 Å². The topological polar surface area (TPSA) is 39.7 Å². The molecule has 8 heteroatoms. The summed E-state index contributed by atoms with van der Waals surface area (Å²) in [5.74, 6) is 3.12. The van der Waals surface area contributed by atoms with Gasteiger partial charge in [-0.15, -0.1) is 0 Å². The maximum absolute atomic E-state index is 7.03. The number of anilines is 1. The van der Waals surface area contributed by atoms with Gasteiger partial charge in [0.05, 0.1) is 17.9 Å². The molecule has 3 aliphatic carbocycles. The fourth-order valence-corrected chi connectivity index (χ4v) is 11.8. The molecule has 0 unspecified atom stereocenters. The van der Waals surface area contributed by atoms with E-state index in [0.29, 0.717) is 17.8 Å².